The predicted octanol–water partition coefficient (Wildman–Crippen LogP) is 4.03. The molecule has 0 spiro atoms. The maximum Gasteiger partial charge on any atom is 0.0294 e. The number of hydrogen-bond donors (Lipinski definition) is 1. The third-order valence-electron chi connectivity index (χ3n) is 2.68. The van der Waals surface area contributed by atoms with E-state index in [9.17, 15) is 0 Å². The first-order chi connectivity index (χ1) is 8.27. The minimum Gasteiger partial charge on any atom is -0.306 e. The summed E-state index contributed by atoms with van der Waals surface area (Å²) in [5, 5.41) is 3.49. The fraction of sp³-hybridized carbons (Fsp3) is 0.250. The first kappa shape index (κ1) is 13.5. The van der Waals surface area contributed by atoms with E-state index in [1.165, 1.54) is 11.1 Å². The van der Waals surface area contributed by atoms with Gasteiger partial charge in [-0.15, -0.1) is 0 Å². The third kappa shape index (κ3) is 4.83. The van der Waals surface area contributed by atoms with Crippen LogP contribution in [0.2, 0.25) is 0 Å². The van der Waals surface area contributed by atoms with Crippen molar-refractivity contribution in [1.29, 1.82) is 0 Å². The number of benzene rings is 1. The summed E-state index contributed by atoms with van der Waals surface area (Å²) in [6.45, 7) is 8.84. The molecule has 0 radical (unpaired) electrons. The van der Waals surface area contributed by atoms with Crippen molar-refractivity contribution in [2.24, 2.45) is 0 Å². The molecule has 1 rings (SSSR count). The largest absolute Gasteiger partial charge is 0.306 e. The molecule has 0 fully saturated rings. The van der Waals surface area contributed by atoms with E-state index in [2.05, 4.69) is 49.2 Å². The van der Waals surface area contributed by atoms with E-state index in [4.69, 9.17) is 0 Å². The molecule has 1 aromatic carbocycles. The van der Waals surface area contributed by atoms with E-state index < -0.39 is 0 Å². The van der Waals surface area contributed by atoms with Crippen LogP contribution in [0.4, 0.5) is 0 Å². The van der Waals surface area contributed by atoms with Gasteiger partial charge in [-0.05, 0) is 25.0 Å². The predicted molar refractivity (Wildman–Crippen MR) is 76.0 cm³/mol. The molecule has 0 amide bonds. The highest BCUT2D eigenvalue weighted by molar-refractivity contribution is 5.24. The lowest BCUT2D eigenvalue weighted by Gasteiger charge is -2.14. The minimum atomic E-state index is 0.352. The van der Waals surface area contributed by atoms with Gasteiger partial charge in [0.15, 0.2) is 0 Å². The van der Waals surface area contributed by atoms with Gasteiger partial charge in [-0.25, -0.2) is 0 Å². The maximum atomic E-state index is 3.82. The Kier molecular flexibility index (Phi) is 6.05. The molecule has 0 saturated carbocycles. The van der Waals surface area contributed by atoms with E-state index in [0.717, 1.165) is 6.54 Å². The lowest BCUT2D eigenvalue weighted by molar-refractivity contribution is 0.610. The van der Waals surface area contributed by atoms with Crippen molar-refractivity contribution >= 4 is 0 Å². The van der Waals surface area contributed by atoms with Gasteiger partial charge in [-0.3, -0.25) is 0 Å². The summed E-state index contributed by atoms with van der Waals surface area (Å²) < 4.78 is 0. The molecule has 0 aromatic heterocycles. The van der Waals surface area contributed by atoms with Crippen LogP contribution >= 0.6 is 0 Å². The van der Waals surface area contributed by atoms with Gasteiger partial charge in [0.05, 0.1) is 0 Å². The van der Waals surface area contributed by atoms with Crippen molar-refractivity contribution in [2.45, 2.75) is 19.9 Å². The average Bonchev–Trinajstić information content (AvgIpc) is 2.39. The van der Waals surface area contributed by atoms with Gasteiger partial charge in [-0.2, -0.15) is 0 Å². The van der Waals surface area contributed by atoms with Crippen LogP contribution in [0.5, 0.6) is 0 Å². The van der Waals surface area contributed by atoms with Crippen molar-refractivity contribution in [3.05, 3.63) is 72.4 Å². The molecule has 0 aliphatic rings. The summed E-state index contributed by atoms with van der Waals surface area (Å²) in [5.74, 6) is 0. The quantitative estimate of drug-likeness (QED) is 0.724. The van der Waals surface area contributed by atoms with Crippen LogP contribution in [0.3, 0.4) is 0 Å². The van der Waals surface area contributed by atoms with E-state index in [1.54, 1.807) is 0 Å². The van der Waals surface area contributed by atoms with Gasteiger partial charge in [0, 0.05) is 12.6 Å². The van der Waals surface area contributed by atoms with E-state index in [0.29, 0.717) is 6.04 Å². The zero-order valence-electron chi connectivity index (χ0n) is 10.7. The molecule has 0 aliphatic carbocycles. The van der Waals surface area contributed by atoms with E-state index >= 15 is 0 Å². The van der Waals surface area contributed by atoms with Gasteiger partial charge in [0.1, 0.15) is 0 Å². The van der Waals surface area contributed by atoms with Gasteiger partial charge >= 0.3 is 0 Å². The lowest BCUT2D eigenvalue weighted by atomic mass is 10.1. The number of nitrogens with one attached hydrogen (secondary N) is 1. The number of rotatable bonds is 6. The summed E-state index contributed by atoms with van der Waals surface area (Å²) in [6, 6.07) is 10.8. The van der Waals surface area contributed by atoms with Crippen molar-refractivity contribution in [3.63, 3.8) is 0 Å². The second kappa shape index (κ2) is 7.64. The van der Waals surface area contributed by atoms with Gasteiger partial charge in [0.2, 0.25) is 0 Å². The highest BCUT2D eigenvalue weighted by Gasteiger charge is 2.03. The zero-order valence-corrected chi connectivity index (χ0v) is 10.7. The SMILES string of the molecule is C=CC(=CC=CC)CNC(C)c1ccccc1. The Labute approximate surface area is 105 Å². The summed E-state index contributed by atoms with van der Waals surface area (Å²) in [6.07, 6.45) is 8.03. The zero-order chi connectivity index (χ0) is 12.5. The summed E-state index contributed by atoms with van der Waals surface area (Å²) >= 11 is 0. The molecule has 0 aliphatic heterocycles. The van der Waals surface area contributed by atoms with Crippen LogP contribution in [0.1, 0.15) is 25.5 Å². The van der Waals surface area contributed by atoms with Crippen LogP contribution in [0.15, 0.2) is 66.8 Å². The van der Waals surface area contributed by atoms with E-state index in [-0.39, 0.29) is 0 Å². The van der Waals surface area contributed by atoms with Crippen molar-refractivity contribution < 1.29 is 0 Å². The molecule has 1 N–H and O–H groups in total. The molecule has 1 aromatic rings. The first-order valence-corrected chi connectivity index (χ1v) is 6.00. The highest BCUT2D eigenvalue weighted by Crippen LogP contribution is 2.11. The standard InChI is InChI=1S/C16H21N/c1-4-6-10-15(5-2)13-17-14(3)16-11-8-7-9-12-16/h4-12,14,17H,2,13H2,1,3H3. The van der Waals surface area contributed by atoms with Gasteiger partial charge in [0.25, 0.3) is 0 Å². The molecule has 17 heavy (non-hydrogen) atoms. The Morgan fingerprint density at radius 3 is 2.65 bits per heavy atom. The molecular weight excluding hydrogens is 206 g/mol. The molecule has 0 heterocycles. The van der Waals surface area contributed by atoms with Gasteiger partial charge in [-0.1, -0.05) is 61.2 Å². The van der Waals surface area contributed by atoms with Crippen LogP contribution in [-0.4, -0.2) is 6.54 Å². The molecule has 0 saturated heterocycles. The molecule has 1 heteroatoms. The Morgan fingerprint density at radius 1 is 1.35 bits per heavy atom. The summed E-state index contributed by atoms with van der Waals surface area (Å²) in [5.41, 5.74) is 2.51. The van der Waals surface area contributed by atoms with Crippen molar-refractivity contribution in [1.82, 2.24) is 5.32 Å². The monoisotopic (exact) mass is 227 g/mol. The molecule has 0 bridgehead atoms. The molecule has 1 unspecified atom stereocenters. The molecule has 90 valence electrons. The van der Waals surface area contributed by atoms with E-state index in [1.807, 2.05) is 31.2 Å². The average molecular weight is 227 g/mol. The fourth-order valence-corrected chi connectivity index (χ4v) is 1.55. The fourth-order valence-electron chi connectivity index (χ4n) is 1.55. The number of allylic oxidation sites excluding steroid dienone is 3. The highest BCUT2D eigenvalue weighted by atomic mass is 14.9. The molecular formula is C16H21N. The molecule has 1 atom stereocenters. The van der Waals surface area contributed by atoms with Crippen LogP contribution in [0, 0.1) is 0 Å². The van der Waals surface area contributed by atoms with Gasteiger partial charge < -0.3 is 5.32 Å². The minimum absolute atomic E-state index is 0.352. The maximum absolute atomic E-state index is 3.82. The second-order valence-corrected chi connectivity index (χ2v) is 3.98. The Hall–Kier alpha value is -1.60. The summed E-state index contributed by atoms with van der Waals surface area (Å²) in [4.78, 5) is 0. The molecule has 1 nitrogen and oxygen atoms in total. The summed E-state index contributed by atoms with van der Waals surface area (Å²) in [7, 11) is 0. The van der Waals surface area contributed by atoms with Crippen LogP contribution in [0.25, 0.3) is 0 Å². The van der Waals surface area contributed by atoms with Crippen molar-refractivity contribution in [3.8, 4) is 0 Å². The Morgan fingerprint density at radius 2 is 2.06 bits per heavy atom. The third-order valence-corrected chi connectivity index (χ3v) is 2.68. The first-order valence-electron chi connectivity index (χ1n) is 6.00. The van der Waals surface area contributed by atoms with Crippen molar-refractivity contribution in [2.75, 3.05) is 6.54 Å². The lowest BCUT2D eigenvalue weighted by Crippen LogP contribution is -2.20. The topological polar surface area (TPSA) is 12.0 Å². The number of hydrogen-bond acceptors (Lipinski definition) is 1. The normalized spacial score (nSPS) is 13.9. The smallest absolute Gasteiger partial charge is 0.0294 e. The Bertz CT molecular complexity index is 387. The second-order valence-electron chi connectivity index (χ2n) is 3.98. The Balaban J connectivity index is 2.53. The van der Waals surface area contributed by atoms with Crippen LogP contribution < -0.4 is 5.32 Å². The van der Waals surface area contributed by atoms with Crippen LogP contribution in [-0.2, 0) is 0 Å².